The zero-order valence-electron chi connectivity index (χ0n) is 13.4. The fraction of sp³-hybridized carbons (Fsp3) is 0.588. The molecular weight excluding hydrogens is 290 g/mol. The van der Waals surface area contributed by atoms with Crippen LogP contribution in [0.3, 0.4) is 0 Å². The molecule has 2 heterocycles. The van der Waals surface area contributed by atoms with Gasteiger partial charge in [0, 0.05) is 35.1 Å². The molecule has 1 aromatic rings. The van der Waals surface area contributed by atoms with Crippen LogP contribution in [0.15, 0.2) is 29.4 Å². The van der Waals surface area contributed by atoms with Crippen LogP contribution in [0.25, 0.3) is 10.4 Å². The Bertz CT molecular complexity index is 626. The molecule has 1 aromatic carbocycles. The molecule has 2 N–H and O–H groups in total. The fourth-order valence-electron chi connectivity index (χ4n) is 4.33. The van der Waals surface area contributed by atoms with E-state index in [2.05, 4.69) is 14.9 Å². The van der Waals surface area contributed by atoms with Crippen LogP contribution in [0.2, 0.25) is 0 Å². The Labute approximate surface area is 136 Å². The maximum atomic E-state index is 11.7. The summed E-state index contributed by atoms with van der Waals surface area (Å²) in [6, 6.07) is 8.75. The van der Waals surface area contributed by atoms with E-state index < -0.39 is 0 Å². The lowest BCUT2D eigenvalue weighted by Gasteiger charge is -2.40. The Morgan fingerprint density at radius 2 is 2.04 bits per heavy atom. The van der Waals surface area contributed by atoms with E-state index in [0.717, 1.165) is 24.9 Å². The highest BCUT2D eigenvalue weighted by Gasteiger charge is 2.41. The zero-order valence-corrected chi connectivity index (χ0v) is 13.4. The third-order valence-corrected chi connectivity index (χ3v) is 5.27. The van der Waals surface area contributed by atoms with Crippen molar-refractivity contribution >= 4 is 5.91 Å². The first-order valence-electron chi connectivity index (χ1n) is 8.28. The quantitative estimate of drug-likeness (QED) is 0.513. The van der Waals surface area contributed by atoms with Crippen molar-refractivity contribution in [2.24, 2.45) is 10.8 Å². The number of primary amides is 1. The van der Waals surface area contributed by atoms with Crippen LogP contribution in [0.1, 0.15) is 54.4 Å². The number of fused-ring (bicyclic) bond motifs is 2. The number of carbonyl (C=O) groups is 1. The molecule has 2 aliphatic rings. The van der Waals surface area contributed by atoms with Crippen LogP contribution in [0.4, 0.5) is 0 Å². The second kappa shape index (κ2) is 6.60. The maximum absolute atomic E-state index is 11.7. The number of amides is 1. The van der Waals surface area contributed by atoms with Gasteiger partial charge in [0.25, 0.3) is 0 Å². The molecule has 2 aliphatic heterocycles. The Kier molecular flexibility index (Phi) is 4.55. The largest absolute Gasteiger partial charge is 0.366 e. The summed E-state index contributed by atoms with van der Waals surface area (Å²) in [6.45, 7) is 2.79. The molecule has 2 fully saturated rings. The van der Waals surface area contributed by atoms with Gasteiger partial charge in [-0.2, -0.15) is 0 Å². The minimum absolute atomic E-state index is 0.00226. The molecule has 0 spiro atoms. The number of hydrogen-bond donors (Lipinski definition) is 1. The van der Waals surface area contributed by atoms with Crippen molar-refractivity contribution in [1.82, 2.24) is 4.90 Å². The molecule has 0 aliphatic carbocycles. The van der Waals surface area contributed by atoms with Crippen molar-refractivity contribution in [2.45, 2.75) is 56.7 Å². The average molecular weight is 313 g/mol. The minimum atomic E-state index is -0.340. The molecule has 0 radical (unpaired) electrons. The first-order valence-corrected chi connectivity index (χ1v) is 8.28. The highest BCUT2D eigenvalue weighted by atomic mass is 16.1. The van der Waals surface area contributed by atoms with E-state index in [0.29, 0.717) is 23.6 Å². The van der Waals surface area contributed by atoms with E-state index in [9.17, 15) is 4.79 Å². The highest BCUT2D eigenvalue weighted by Crippen LogP contribution is 2.43. The first kappa shape index (κ1) is 15.8. The van der Waals surface area contributed by atoms with E-state index >= 15 is 0 Å². The lowest BCUT2D eigenvalue weighted by atomic mass is 9.82. The first-order chi connectivity index (χ1) is 11.1. The van der Waals surface area contributed by atoms with Gasteiger partial charge in [0.15, 0.2) is 0 Å². The molecular formula is C17H23N5O. The lowest BCUT2D eigenvalue weighted by Crippen LogP contribution is -2.45. The molecule has 122 valence electrons. The molecule has 0 saturated carbocycles. The van der Waals surface area contributed by atoms with E-state index in [-0.39, 0.29) is 11.9 Å². The van der Waals surface area contributed by atoms with Crippen LogP contribution in [0.5, 0.6) is 0 Å². The van der Waals surface area contributed by atoms with Gasteiger partial charge >= 0.3 is 0 Å². The summed E-state index contributed by atoms with van der Waals surface area (Å²) >= 11 is 0. The van der Waals surface area contributed by atoms with Crippen molar-refractivity contribution < 1.29 is 4.79 Å². The molecule has 6 heteroatoms. The van der Waals surface area contributed by atoms with Gasteiger partial charge < -0.3 is 5.73 Å². The number of nitrogens with zero attached hydrogens (tertiary/aromatic N) is 4. The Morgan fingerprint density at radius 1 is 1.39 bits per heavy atom. The third-order valence-electron chi connectivity index (χ3n) is 5.27. The number of benzene rings is 1. The summed E-state index contributed by atoms with van der Waals surface area (Å²) in [6.07, 6.45) is 4.46. The second-order valence-corrected chi connectivity index (χ2v) is 6.76. The van der Waals surface area contributed by atoms with Gasteiger partial charge in [0.2, 0.25) is 5.91 Å². The second-order valence-electron chi connectivity index (χ2n) is 6.76. The number of nitrogens with two attached hydrogens (primary N) is 1. The summed E-state index contributed by atoms with van der Waals surface area (Å²) in [5.41, 5.74) is 15.9. The Morgan fingerprint density at radius 3 is 2.65 bits per heavy atom. The van der Waals surface area contributed by atoms with Crippen LogP contribution in [0, 0.1) is 0 Å². The maximum Gasteiger partial charge on any atom is 0.248 e. The van der Waals surface area contributed by atoms with E-state index in [1.807, 2.05) is 31.2 Å². The average Bonchev–Trinajstić information content (AvgIpc) is 2.77. The van der Waals surface area contributed by atoms with Gasteiger partial charge in [-0.3, -0.25) is 9.69 Å². The van der Waals surface area contributed by atoms with Gasteiger partial charge in [0.1, 0.15) is 0 Å². The van der Waals surface area contributed by atoms with Crippen LogP contribution >= 0.6 is 0 Å². The van der Waals surface area contributed by atoms with Crippen molar-refractivity contribution in [2.75, 3.05) is 6.54 Å². The highest BCUT2D eigenvalue weighted by molar-refractivity contribution is 5.94. The van der Waals surface area contributed by atoms with E-state index in [1.165, 1.54) is 12.8 Å². The monoisotopic (exact) mass is 313 g/mol. The summed E-state index contributed by atoms with van der Waals surface area (Å²) in [5, 5.41) is 3.81. The topological polar surface area (TPSA) is 95.1 Å². The molecule has 3 rings (SSSR count). The summed E-state index contributed by atoms with van der Waals surface area (Å²) in [7, 11) is 0. The summed E-state index contributed by atoms with van der Waals surface area (Å²) in [4.78, 5) is 17.1. The Hall–Kier alpha value is -2.04. The van der Waals surface area contributed by atoms with Gasteiger partial charge in [0.05, 0.1) is 0 Å². The fourth-order valence-corrected chi connectivity index (χ4v) is 4.33. The smallest absolute Gasteiger partial charge is 0.248 e. The molecule has 6 nitrogen and oxygen atoms in total. The molecule has 3 atom stereocenters. The molecule has 0 aromatic heterocycles. The van der Waals surface area contributed by atoms with Crippen LogP contribution < -0.4 is 5.73 Å². The lowest BCUT2D eigenvalue weighted by molar-refractivity contribution is 0.0993. The number of azide groups is 1. The van der Waals surface area contributed by atoms with E-state index in [1.54, 1.807) is 0 Å². The number of rotatable bonds is 5. The van der Waals surface area contributed by atoms with Gasteiger partial charge in [-0.25, -0.2) is 0 Å². The van der Waals surface area contributed by atoms with Crippen molar-refractivity contribution in [3.05, 3.63) is 45.8 Å². The van der Waals surface area contributed by atoms with Gasteiger partial charge in [-0.15, -0.1) is 0 Å². The normalized spacial score (nSPS) is 28.1. The Balaban J connectivity index is 1.77. The molecule has 1 amide bonds. The van der Waals surface area contributed by atoms with Crippen molar-refractivity contribution in [3.63, 3.8) is 0 Å². The standard InChI is InChI=1S/C17H23N5O/c1-11(20-21-19)10-22-13-6-7-14(22)9-12(8-13)15-4-2-3-5-16(15)17(18)23/h2-5,11-14H,6-10H2,1H3,(H2,18,23). The molecule has 2 bridgehead atoms. The molecule has 23 heavy (non-hydrogen) atoms. The molecule has 3 unspecified atom stereocenters. The number of hydrogen-bond acceptors (Lipinski definition) is 3. The van der Waals surface area contributed by atoms with E-state index in [4.69, 9.17) is 11.3 Å². The number of piperidine rings is 1. The van der Waals surface area contributed by atoms with Crippen molar-refractivity contribution in [3.8, 4) is 0 Å². The predicted molar refractivity (Wildman–Crippen MR) is 89.1 cm³/mol. The summed E-state index contributed by atoms with van der Waals surface area (Å²) in [5.74, 6) is 0.0505. The predicted octanol–water partition coefficient (Wildman–Crippen LogP) is 3.19. The summed E-state index contributed by atoms with van der Waals surface area (Å²) < 4.78 is 0. The van der Waals surface area contributed by atoms with Gasteiger partial charge in [-0.05, 0) is 48.8 Å². The SMILES string of the molecule is CC(CN1C2CCC1CC(c1ccccc1C(N)=O)C2)N=[N+]=[N-]. The zero-order chi connectivity index (χ0) is 16.4. The third kappa shape index (κ3) is 3.19. The van der Waals surface area contributed by atoms with Gasteiger partial charge in [-0.1, -0.05) is 30.2 Å². The molecule has 2 saturated heterocycles. The minimum Gasteiger partial charge on any atom is -0.366 e. The number of carbonyl (C=O) groups excluding carboxylic acids is 1. The van der Waals surface area contributed by atoms with Crippen LogP contribution in [-0.4, -0.2) is 35.5 Å². The van der Waals surface area contributed by atoms with Crippen molar-refractivity contribution in [1.29, 1.82) is 0 Å². The van der Waals surface area contributed by atoms with Crippen LogP contribution in [-0.2, 0) is 0 Å².